The van der Waals surface area contributed by atoms with Gasteiger partial charge in [-0.2, -0.15) is 0 Å². The molecule has 0 unspecified atom stereocenters. The van der Waals surface area contributed by atoms with E-state index in [1.54, 1.807) is 10.8 Å². The Morgan fingerprint density at radius 1 is 0.933 bits per heavy atom. The first-order valence-electron chi connectivity index (χ1n) is 15.7. The molecule has 4 bridgehead atoms. The van der Waals surface area contributed by atoms with Gasteiger partial charge in [0, 0.05) is 42.2 Å². The van der Waals surface area contributed by atoms with E-state index in [-0.39, 0.29) is 47.2 Å². The lowest BCUT2D eigenvalue weighted by Gasteiger charge is -2.26. The summed E-state index contributed by atoms with van der Waals surface area (Å²) in [6.45, 7) is 7.54. The molecule has 0 radical (unpaired) electrons. The summed E-state index contributed by atoms with van der Waals surface area (Å²) in [4.78, 5) is 64.0. The number of rotatable bonds is 5. The normalized spacial score (nSPS) is 21.3. The van der Waals surface area contributed by atoms with E-state index in [0.29, 0.717) is 66.9 Å². The number of aromatic nitrogens is 2. The predicted molar refractivity (Wildman–Crippen MR) is 175 cm³/mol. The molecule has 1 aliphatic heterocycles. The van der Waals surface area contributed by atoms with Gasteiger partial charge in [0.15, 0.2) is 0 Å². The van der Waals surface area contributed by atoms with Crippen molar-refractivity contribution in [1.29, 1.82) is 0 Å². The van der Waals surface area contributed by atoms with Gasteiger partial charge < -0.3 is 20.9 Å². The van der Waals surface area contributed by atoms with Crippen LogP contribution >= 0.6 is 22.7 Å². The zero-order valence-electron chi connectivity index (χ0n) is 26.1. The highest BCUT2D eigenvalue weighted by atomic mass is 32.1. The van der Waals surface area contributed by atoms with Crippen molar-refractivity contribution in [3.05, 3.63) is 68.1 Å². The molecule has 1 saturated carbocycles. The Balaban J connectivity index is 1.40. The first-order valence-corrected chi connectivity index (χ1v) is 17.5. The molecule has 2 aliphatic rings. The molecule has 1 aliphatic carbocycles. The molecule has 1 aromatic carbocycles. The second kappa shape index (κ2) is 14.6. The van der Waals surface area contributed by atoms with Gasteiger partial charge in [0.05, 0.1) is 12.1 Å². The van der Waals surface area contributed by atoms with Gasteiger partial charge in [0.1, 0.15) is 21.4 Å². The molecule has 3 heterocycles. The van der Waals surface area contributed by atoms with E-state index in [1.165, 1.54) is 22.7 Å². The molecule has 4 amide bonds. The Morgan fingerprint density at radius 3 is 2.24 bits per heavy atom. The second-order valence-electron chi connectivity index (χ2n) is 12.7. The summed E-state index contributed by atoms with van der Waals surface area (Å²) in [6.07, 6.45) is 4.33. The Bertz CT molecular complexity index is 1500. The Kier molecular flexibility index (Phi) is 10.7. The molecule has 5 rings (SSSR count). The number of benzene rings is 1. The van der Waals surface area contributed by atoms with Crippen molar-refractivity contribution in [3.8, 4) is 0 Å². The van der Waals surface area contributed by atoms with Crippen LogP contribution in [0.4, 0.5) is 0 Å². The lowest BCUT2D eigenvalue weighted by atomic mass is 10.0. The molecule has 0 spiro atoms. The summed E-state index contributed by atoms with van der Waals surface area (Å²) >= 11 is 2.69. The third kappa shape index (κ3) is 8.76. The quantitative estimate of drug-likeness (QED) is 0.354. The van der Waals surface area contributed by atoms with Crippen LogP contribution in [0.5, 0.6) is 0 Å². The Labute approximate surface area is 272 Å². The lowest BCUT2D eigenvalue weighted by Crippen LogP contribution is -2.39. The van der Waals surface area contributed by atoms with Crippen molar-refractivity contribution in [2.75, 3.05) is 19.6 Å². The van der Waals surface area contributed by atoms with Crippen LogP contribution in [0, 0.1) is 11.3 Å². The number of amides is 4. The average molecular weight is 651 g/mol. The molecule has 2 atom stereocenters. The minimum absolute atomic E-state index is 0.104. The van der Waals surface area contributed by atoms with Gasteiger partial charge in [-0.1, -0.05) is 51.1 Å². The monoisotopic (exact) mass is 650 g/mol. The van der Waals surface area contributed by atoms with Gasteiger partial charge in [-0.15, -0.1) is 22.7 Å². The molecule has 3 N–H and O–H groups in total. The van der Waals surface area contributed by atoms with E-state index in [1.807, 2.05) is 42.2 Å². The highest BCUT2D eigenvalue weighted by molar-refractivity contribution is 7.10. The number of hydrogen-bond donors (Lipinski definition) is 3. The molecule has 45 heavy (non-hydrogen) atoms. The van der Waals surface area contributed by atoms with Crippen molar-refractivity contribution in [2.45, 2.75) is 77.8 Å². The summed E-state index contributed by atoms with van der Waals surface area (Å²) in [6, 6.07) is 9.02. The van der Waals surface area contributed by atoms with Crippen LogP contribution in [0.25, 0.3) is 0 Å². The zero-order chi connectivity index (χ0) is 32.0. The molecule has 240 valence electrons. The van der Waals surface area contributed by atoms with Crippen molar-refractivity contribution < 1.29 is 19.2 Å². The number of carbonyl (C=O) groups excluding carboxylic acids is 4. The summed E-state index contributed by atoms with van der Waals surface area (Å²) in [5.41, 5.74) is 1.27. The number of fused-ring (bicyclic) bond motifs is 4. The molecule has 0 saturated heterocycles. The summed E-state index contributed by atoms with van der Waals surface area (Å²) in [5, 5.41) is 13.9. The Hall–Kier alpha value is -3.64. The molecular weight excluding hydrogens is 609 g/mol. The fourth-order valence-corrected chi connectivity index (χ4v) is 7.15. The lowest BCUT2D eigenvalue weighted by molar-refractivity contribution is -0.137. The van der Waals surface area contributed by atoms with E-state index in [9.17, 15) is 19.2 Å². The highest BCUT2D eigenvalue weighted by Gasteiger charge is 2.46. The highest BCUT2D eigenvalue weighted by Crippen LogP contribution is 2.46. The molecule has 10 nitrogen and oxygen atoms in total. The van der Waals surface area contributed by atoms with Crippen LogP contribution in [0.3, 0.4) is 0 Å². The third-order valence-electron chi connectivity index (χ3n) is 8.26. The smallest absolute Gasteiger partial charge is 0.271 e. The first-order chi connectivity index (χ1) is 21.6. The predicted octanol–water partition coefficient (Wildman–Crippen LogP) is 5.06. The van der Waals surface area contributed by atoms with E-state index in [2.05, 4.69) is 39.8 Å². The number of nitrogens with zero attached hydrogens (tertiary/aromatic N) is 3. The van der Waals surface area contributed by atoms with Gasteiger partial charge in [0.25, 0.3) is 11.8 Å². The molecule has 2 aromatic heterocycles. The second-order valence-corrected chi connectivity index (χ2v) is 14.5. The average Bonchev–Trinajstić information content (AvgIpc) is 3.38. The number of carbonyl (C=O) groups is 4. The van der Waals surface area contributed by atoms with Crippen molar-refractivity contribution in [2.24, 2.45) is 11.3 Å². The number of thiazole rings is 2. The SMILES string of the molecule is CC(C)C[C@@H]1NC(=O)CCCN(C(=O)C2(C)CC2)CCCNC(=O)c2csc(n2)[C@H](Cc2ccccc2)NC(=O)c2csc1n2. The summed E-state index contributed by atoms with van der Waals surface area (Å²) in [7, 11) is 0. The summed E-state index contributed by atoms with van der Waals surface area (Å²) in [5.74, 6) is -0.325. The fourth-order valence-electron chi connectivity index (χ4n) is 5.44. The van der Waals surface area contributed by atoms with Gasteiger partial charge in [-0.3, -0.25) is 19.2 Å². The minimum Gasteiger partial charge on any atom is -0.351 e. The maximum Gasteiger partial charge on any atom is 0.271 e. The maximum absolute atomic E-state index is 13.5. The van der Waals surface area contributed by atoms with Gasteiger partial charge >= 0.3 is 0 Å². The Morgan fingerprint density at radius 2 is 1.58 bits per heavy atom. The topological polar surface area (TPSA) is 133 Å². The van der Waals surface area contributed by atoms with Gasteiger partial charge in [-0.25, -0.2) is 9.97 Å². The van der Waals surface area contributed by atoms with Crippen LogP contribution in [0.15, 0.2) is 41.1 Å². The largest absolute Gasteiger partial charge is 0.351 e. The molecule has 3 aromatic rings. The fraction of sp³-hybridized carbons (Fsp3) is 0.515. The standard InChI is InChI=1S/C33H42N6O4S2/c1-21(2)17-23-30-38-26(20-45-30)29(42)36-24(18-22-9-5-4-6-10-22)31-37-25(19-44-31)28(41)34-14-8-16-39(15-7-11-27(40)35-23)32(43)33(3)12-13-33/h4-6,9-10,19-21,23-24H,7-8,11-18H2,1-3H3,(H,34,41)(H,35,40)(H,36,42)/t23-,24-/m0/s1. The van der Waals surface area contributed by atoms with Gasteiger partial charge in [0.2, 0.25) is 11.8 Å². The first kappa shape index (κ1) is 32.7. The number of hydrogen-bond acceptors (Lipinski definition) is 8. The van der Waals surface area contributed by atoms with E-state index in [4.69, 9.17) is 0 Å². The van der Waals surface area contributed by atoms with Crippen LogP contribution in [0.1, 0.15) is 108 Å². The van der Waals surface area contributed by atoms with Crippen LogP contribution < -0.4 is 16.0 Å². The molecule has 1 fully saturated rings. The van der Waals surface area contributed by atoms with E-state index < -0.39 is 6.04 Å². The number of nitrogens with one attached hydrogen (secondary N) is 3. The van der Waals surface area contributed by atoms with Crippen molar-refractivity contribution in [3.63, 3.8) is 0 Å². The van der Waals surface area contributed by atoms with E-state index in [0.717, 1.165) is 18.4 Å². The summed E-state index contributed by atoms with van der Waals surface area (Å²) < 4.78 is 0. The van der Waals surface area contributed by atoms with Crippen LogP contribution in [-0.4, -0.2) is 58.1 Å². The molecular formula is C33H42N6O4S2. The third-order valence-corrected chi connectivity index (χ3v) is 10.2. The van der Waals surface area contributed by atoms with Crippen LogP contribution in [-0.2, 0) is 16.0 Å². The van der Waals surface area contributed by atoms with Gasteiger partial charge in [-0.05, 0) is 50.0 Å². The van der Waals surface area contributed by atoms with Crippen molar-refractivity contribution in [1.82, 2.24) is 30.8 Å². The van der Waals surface area contributed by atoms with Crippen molar-refractivity contribution >= 4 is 46.3 Å². The maximum atomic E-state index is 13.5. The van der Waals surface area contributed by atoms with E-state index >= 15 is 0 Å². The van der Waals surface area contributed by atoms with Crippen LogP contribution in [0.2, 0.25) is 0 Å². The molecule has 12 heteroatoms. The minimum atomic E-state index is -0.472. The zero-order valence-corrected chi connectivity index (χ0v) is 27.8.